The van der Waals surface area contributed by atoms with Crippen LogP contribution in [0.1, 0.15) is 24.5 Å². The van der Waals surface area contributed by atoms with E-state index in [1.54, 1.807) is 14.0 Å². The van der Waals surface area contributed by atoms with Gasteiger partial charge in [0.2, 0.25) is 11.8 Å². The van der Waals surface area contributed by atoms with E-state index in [9.17, 15) is 22.8 Å². The zero-order chi connectivity index (χ0) is 17.2. The van der Waals surface area contributed by atoms with E-state index >= 15 is 0 Å². The van der Waals surface area contributed by atoms with Crippen LogP contribution in [0, 0.1) is 0 Å². The number of nitrogens with zero attached hydrogens (tertiary/aromatic N) is 1. The van der Waals surface area contributed by atoms with Gasteiger partial charge in [0.15, 0.2) is 0 Å². The predicted octanol–water partition coefficient (Wildman–Crippen LogP) is 2.46. The average molecular weight is 326 g/mol. The van der Waals surface area contributed by atoms with Crippen molar-refractivity contribution >= 4 is 17.4 Å². The number of nitrogens with one attached hydrogen (secondary N) is 1. The van der Waals surface area contributed by atoms with Crippen molar-refractivity contribution in [3.63, 3.8) is 0 Å². The van der Waals surface area contributed by atoms with Crippen LogP contribution in [0.2, 0.25) is 0 Å². The van der Waals surface area contributed by atoms with Crippen LogP contribution in [0.3, 0.4) is 0 Å². The summed E-state index contributed by atoms with van der Waals surface area (Å²) in [7, 11) is 1.65. The van der Waals surface area contributed by atoms with Crippen LogP contribution in [0.25, 0.3) is 5.57 Å². The monoisotopic (exact) mass is 326 g/mol. The van der Waals surface area contributed by atoms with E-state index in [1.807, 2.05) is 0 Å². The van der Waals surface area contributed by atoms with E-state index in [4.69, 9.17) is 0 Å². The Labute approximate surface area is 132 Å². The van der Waals surface area contributed by atoms with Crippen LogP contribution in [0.15, 0.2) is 30.3 Å². The Bertz CT molecular complexity index is 653. The predicted molar refractivity (Wildman–Crippen MR) is 79.3 cm³/mol. The van der Waals surface area contributed by atoms with Crippen LogP contribution >= 0.6 is 0 Å². The van der Waals surface area contributed by atoms with E-state index in [-0.39, 0.29) is 5.91 Å². The van der Waals surface area contributed by atoms with Gasteiger partial charge in [-0.2, -0.15) is 13.2 Å². The highest BCUT2D eigenvalue weighted by Crippen LogP contribution is 2.30. The van der Waals surface area contributed by atoms with Crippen molar-refractivity contribution in [2.24, 2.45) is 0 Å². The van der Waals surface area contributed by atoms with Gasteiger partial charge < -0.3 is 10.2 Å². The molecule has 1 aliphatic heterocycles. The number of rotatable bonds is 3. The van der Waals surface area contributed by atoms with Crippen LogP contribution in [-0.2, 0) is 15.8 Å². The molecule has 0 bridgehead atoms. The molecule has 0 saturated carbocycles. The summed E-state index contributed by atoms with van der Waals surface area (Å²) in [6, 6.07) is 4.20. The lowest BCUT2D eigenvalue weighted by Crippen LogP contribution is -2.39. The van der Waals surface area contributed by atoms with Gasteiger partial charge in [-0.25, -0.2) is 0 Å². The first-order chi connectivity index (χ1) is 10.7. The molecule has 7 heteroatoms. The molecule has 1 saturated heterocycles. The minimum absolute atomic E-state index is 0.163. The number of hydrogen-bond acceptors (Lipinski definition) is 2. The molecule has 1 aliphatic rings. The molecule has 1 unspecified atom stereocenters. The standard InChI is InChI=1S/C16H17F3N2O2/c1-10(11-4-3-5-12(9-11)16(17,18)19)8-14(22)20-13-6-7-21(2)15(13)23/h3-5,8-9,13H,6-7H2,1-2H3,(H,20,22). The smallest absolute Gasteiger partial charge is 0.344 e. The molecule has 0 spiro atoms. The number of carbonyl (C=O) groups is 2. The fourth-order valence-corrected chi connectivity index (χ4v) is 2.39. The number of allylic oxidation sites excluding steroid dienone is 1. The van der Waals surface area contributed by atoms with Crippen molar-refractivity contribution in [3.05, 3.63) is 41.5 Å². The topological polar surface area (TPSA) is 49.4 Å². The molecule has 0 radical (unpaired) electrons. The molecule has 1 aromatic carbocycles. The molecular weight excluding hydrogens is 309 g/mol. The summed E-state index contributed by atoms with van der Waals surface area (Å²) in [5.74, 6) is -0.656. The summed E-state index contributed by atoms with van der Waals surface area (Å²) >= 11 is 0. The van der Waals surface area contributed by atoms with Crippen molar-refractivity contribution in [2.45, 2.75) is 25.6 Å². The van der Waals surface area contributed by atoms with E-state index < -0.39 is 23.7 Å². The lowest BCUT2D eigenvalue weighted by atomic mass is 10.0. The third kappa shape index (κ3) is 4.12. The summed E-state index contributed by atoms with van der Waals surface area (Å²) in [4.78, 5) is 25.2. The molecule has 1 atom stereocenters. The van der Waals surface area contributed by atoms with E-state index in [2.05, 4.69) is 5.32 Å². The van der Waals surface area contributed by atoms with Crippen LogP contribution in [0.5, 0.6) is 0 Å². The van der Waals surface area contributed by atoms with Gasteiger partial charge in [-0.05, 0) is 36.6 Å². The highest BCUT2D eigenvalue weighted by Gasteiger charge is 2.31. The maximum atomic E-state index is 12.7. The fourth-order valence-electron chi connectivity index (χ4n) is 2.39. The number of halogens is 3. The Kier molecular flexibility index (Phi) is 4.77. The summed E-state index contributed by atoms with van der Waals surface area (Å²) in [6.45, 7) is 2.12. The summed E-state index contributed by atoms with van der Waals surface area (Å²) < 4.78 is 38.1. The summed E-state index contributed by atoms with van der Waals surface area (Å²) in [5, 5.41) is 2.58. The van der Waals surface area contributed by atoms with Crippen molar-refractivity contribution in [1.29, 1.82) is 0 Å². The minimum atomic E-state index is -4.43. The third-order valence-electron chi connectivity index (χ3n) is 3.74. The van der Waals surface area contributed by atoms with Crippen molar-refractivity contribution in [2.75, 3.05) is 13.6 Å². The first-order valence-corrected chi connectivity index (χ1v) is 7.10. The molecule has 23 heavy (non-hydrogen) atoms. The Hall–Kier alpha value is -2.31. The second-order valence-corrected chi connectivity index (χ2v) is 5.52. The Morgan fingerprint density at radius 3 is 2.65 bits per heavy atom. The molecule has 124 valence electrons. The number of alkyl halides is 3. The van der Waals surface area contributed by atoms with Gasteiger partial charge in [-0.15, -0.1) is 0 Å². The number of likely N-dealkylation sites (tertiary alicyclic amines) is 1. The normalized spacial score (nSPS) is 19.2. The van der Waals surface area contributed by atoms with Gasteiger partial charge in [0.1, 0.15) is 6.04 Å². The molecule has 4 nitrogen and oxygen atoms in total. The maximum Gasteiger partial charge on any atom is 0.416 e. The largest absolute Gasteiger partial charge is 0.416 e. The summed E-state index contributed by atoms with van der Waals surface area (Å²) in [6.07, 6.45) is -2.70. The number of amides is 2. The van der Waals surface area contributed by atoms with Gasteiger partial charge in [0.05, 0.1) is 5.56 Å². The van der Waals surface area contributed by atoms with Crippen molar-refractivity contribution in [3.8, 4) is 0 Å². The van der Waals surface area contributed by atoms with E-state index in [0.29, 0.717) is 24.1 Å². The van der Waals surface area contributed by atoms with Crippen molar-refractivity contribution < 1.29 is 22.8 Å². The molecule has 0 aliphatic carbocycles. The zero-order valence-corrected chi connectivity index (χ0v) is 12.8. The number of carbonyl (C=O) groups excluding carboxylic acids is 2. The molecular formula is C16H17F3N2O2. The SMILES string of the molecule is CC(=CC(=O)NC1CCN(C)C1=O)c1cccc(C(F)(F)F)c1. The van der Waals surface area contributed by atoms with Gasteiger partial charge in [-0.1, -0.05) is 12.1 Å². The molecule has 1 heterocycles. The van der Waals surface area contributed by atoms with E-state index in [1.165, 1.54) is 23.1 Å². The van der Waals surface area contributed by atoms with Crippen LogP contribution in [0.4, 0.5) is 13.2 Å². The Morgan fingerprint density at radius 2 is 2.09 bits per heavy atom. The quantitative estimate of drug-likeness (QED) is 0.868. The summed E-state index contributed by atoms with van der Waals surface area (Å²) in [5.41, 5.74) is -0.0620. The molecule has 0 aromatic heterocycles. The first-order valence-electron chi connectivity index (χ1n) is 7.10. The molecule has 1 fully saturated rings. The maximum absolute atomic E-state index is 12.7. The van der Waals surface area contributed by atoms with Gasteiger partial charge in [0.25, 0.3) is 0 Å². The number of likely N-dealkylation sites (N-methyl/N-ethyl adjacent to an activating group) is 1. The van der Waals surface area contributed by atoms with E-state index in [0.717, 1.165) is 12.1 Å². The number of hydrogen-bond donors (Lipinski definition) is 1. The van der Waals surface area contributed by atoms with Crippen molar-refractivity contribution in [1.82, 2.24) is 10.2 Å². The Balaban J connectivity index is 2.10. The second kappa shape index (κ2) is 6.44. The van der Waals surface area contributed by atoms with Crippen LogP contribution in [-0.4, -0.2) is 36.3 Å². The second-order valence-electron chi connectivity index (χ2n) is 5.52. The lowest BCUT2D eigenvalue weighted by Gasteiger charge is -2.12. The highest BCUT2D eigenvalue weighted by molar-refractivity contribution is 5.98. The van der Waals surface area contributed by atoms with Crippen LogP contribution < -0.4 is 5.32 Å². The Morgan fingerprint density at radius 1 is 1.39 bits per heavy atom. The van der Waals surface area contributed by atoms with Gasteiger partial charge in [0, 0.05) is 19.7 Å². The van der Waals surface area contributed by atoms with Gasteiger partial charge >= 0.3 is 6.18 Å². The average Bonchev–Trinajstić information content (AvgIpc) is 2.78. The molecule has 2 amide bonds. The minimum Gasteiger partial charge on any atom is -0.344 e. The zero-order valence-electron chi connectivity index (χ0n) is 12.8. The van der Waals surface area contributed by atoms with Gasteiger partial charge in [-0.3, -0.25) is 9.59 Å². The third-order valence-corrected chi connectivity index (χ3v) is 3.74. The molecule has 1 aromatic rings. The molecule has 2 rings (SSSR count). The fraction of sp³-hybridized carbons (Fsp3) is 0.375. The lowest BCUT2D eigenvalue weighted by molar-refractivity contribution is -0.137. The first kappa shape index (κ1) is 17.1. The number of benzene rings is 1. The highest BCUT2D eigenvalue weighted by atomic mass is 19.4. The molecule has 1 N–H and O–H groups in total.